The van der Waals surface area contributed by atoms with Gasteiger partial charge in [0, 0.05) is 13.7 Å². The predicted molar refractivity (Wildman–Crippen MR) is 68.1 cm³/mol. The summed E-state index contributed by atoms with van der Waals surface area (Å²) in [5.74, 6) is -1.05. The van der Waals surface area contributed by atoms with Crippen molar-refractivity contribution in [2.24, 2.45) is 5.92 Å². The molecular formula is C12H23NO8. The van der Waals surface area contributed by atoms with Crippen LogP contribution in [0.3, 0.4) is 0 Å². The van der Waals surface area contributed by atoms with Crippen LogP contribution >= 0.6 is 0 Å². The molecule has 2 aliphatic heterocycles. The van der Waals surface area contributed by atoms with Gasteiger partial charge in [-0.1, -0.05) is 0 Å². The average molecular weight is 309 g/mol. The molecule has 2 fully saturated rings. The van der Waals surface area contributed by atoms with E-state index in [-0.39, 0.29) is 6.54 Å². The summed E-state index contributed by atoms with van der Waals surface area (Å²) in [4.78, 5) is 0. The van der Waals surface area contributed by atoms with Gasteiger partial charge in [-0.15, -0.1) is 0 Å². The maximum Gasteiger partial charge on any atom is 0.165 e. The quantitative estimate of drug-likeness (QED) is 0.274. The number of β-amino-alcohol motifs (C(OH)–C–C–N with tert-alkyl or cyclic N) is 1. The van der Waals surface area contributed by atoms with E-state index in [1.54, 1.807) is 0 Å². The predicted octanol–water partition coefficient (Wildman–Crippen LogP) is -4.26. The van der Waals surface area contributed by atoms with Crippen LogP contribution in [0.15, 0.2) is 0 Å². The zero-order valence-corrected chi connectivity index (χ0v) is 11.6. The first-order chi connectivity index (χ1) is 9.92. The van der Waals surface area contributed by atoms with Crippen molar-refractivity contribution >= 4 is 0 Å². The van der Waals surface area contributed by atoms with Crippen LogP contribution in [-0.2, 0) is 9.47 Å². The second kappa shape index (κ2) is 6.82. The molecule has 0 amide bonds. The van der Waals surface area contributed by atoms with Crippen molar-refractivity contribution < 1.29 is 40.1 Å². The van der Waals surface area contributed by atoms with Crippen molar-refractivity contribution in [3.63, 3.8) is 0 Å². The number of aliphatic hydroxyl groups is 6. The van der Waals surface area contributed by atoms with Crippen molar-refractivity contribution in [1.29, 1.82) is 0 Å². The van der Waals surface area contributed by atoms with Crippen LogP contribution in [-0.4, -0.2) is 99.9 Å². The second-order valence-electron chi connectivity index (χ2n) is 5.50. The Bertz CT molecular complexity index is 343. The summed E-state index contributed by atoms with van der Waals surface area (Å²) < 4.78 is 10.4. The van der Waals surface area contributed by atoms with Gasteiger partial charge in [0.1, 0.15) is 12.2 Å². The molecule has 2 rings (SSSR count). The number of hydrogen-bond acceptors (Lipinski definition) is 9. The summed E-state index contributed by atoms with van der Waals surface area (Å²) in [6.07, 6.45) is -8.47. The largest absolute Gasteiger partial charge is 0.394 e. The third-order valence-electron chi connectivity index (χ3n) is 4.25. The first-order valence-electron chi connectivity index (χ1n) is 6.85. The Balaban J connectivity index is 2.15. The normalized spacial score (nSPS) is 49.3. The fourth-order valence-corrected chi connectivity index (χ4v) is 2.98. The molecule has 0 saturated carbocycles. The lowest BCUT2D eigenvalue weighted by molar-refractivity contribution is -0.295. The van der Waals surface area contributed by atoms with Gasteiger partial charge in [0.05, 0.1) is 43.0 Å². The zero-order valence-electron chi connectivity index (χ0n) is 11.6. The first-order valence-corrected chi connectivity index (χ1v) is 6.85. The molecule has 7 N–H and O–H groups in total. The summed E-state index contributed by atoms with van der Waals surface area (Å²) in [7, 11) is 1.30. The lowest BCUT2D eigenvalue weighted by Gasteiger charge is -2.44. The Kier molecular flexibility index (Phi) is 5.52. The molecule has 0 aromatic heterocycles. The maximum atomic E-state index is 10.4. The highest BCUT2D eigenvalue weighted by Gasteiger charge is 2.51. The van der Waals surface area contributed by atoms with Gasteiger partial charge in [-0.2, -0.15) is 0 Å². The summed E-state index contributed by atoms with van der Waals surface area (Å²) >= 11 is 0. The lowest BCUT2D eigenvalue weighted by Crippen LogP contribution is -2.62. The van der Waals surface area contributed by atoms with Crippen molar-refractivity contribution in [1.82, 2.24) is 5.32 Å². The summed E-state index contributed by atoms with van der Waals surface area (Å²) in [6, 6.07) is -0.890. The molecule has 0 aromatic rings. The molecule has 0 unspecified atom stereocenters. The molecule has 0 spiro atoms. The summed E-state index contributed by atoms with van der Waals surface area (Å²) in [5.41, 5.74) is 0. The number of hydrogen-bond donors (Lipinski definition) is 7. The Morgan fingerprint density at radius 3 is 2.33 bits per heavy atom. The van der Waals surface area contributed by atoms with E-state index in [1.807, 2.05) is 0 Å². The van der Waals surface area contributed by atoms with Gasteiger partial charge in [0.25, 0.3) is 0 Å². The maximum absolute atomic E-state index is 10.4. The van der Waals surface area contributed by atoms with E-state index in [9.17, 15) is 25.5 Å². The minimum absolute atomic E-state index is 0.103. The Morgan fingerprint density at radius 2 is 1.86 bits per heavy atom. The molecule has 9 nitrogen and oxygen atoms in total. The van der Waals surface area contributed by atoms with Gasteiger partial charge in [-0.3, -0.25) is 0 Å². The summed E-state index contributed by atoms with van der Waals surface area (Å²) in [5, 5.41) is 61.6. The van der Waals surface area contributed by atoms with E-state index in [0.717, 1.165) is 0 Å². The van der Waals surface area contributed by atoms with Gasteiger partial charge in [0.15, 0.2) is 6.29 Å². The van der Waals surface area contributed by atoms with Crippen LogP contribution in [0.5, 0.6) is 0 Å². The highest BCUT2D eigenvalue weighted by atomic mass is 16.7. The van der Waals surface area contributed by atoms with E-state index >= 15 is 0 Å². The SMILES string of the molecule is CO[C@H]1O[C@H](CO)[C@@H](O)[C@H](O)[C@H]1[C@@H](O)[C@H]1NC[C@H](O)[C@@H]1O. The van der Waals surface area contributed by atoms with Crippen molar-refractivity contribution in [2.75, 3.05) is 20.3 Å². The summed E-state index contributed by atoms with van der Waals surface area (Å²) in [6.45, 7) is -0.407. The zero-order chi connectivity index (χ0) is 15.7. The van der Waals surface area contributed by atoms with Gasteiger partial charge in [-0.05, 0) is 0 Å². The second-order valence-corrected chi connectivity index (χ2v) is 5.50. The Labute approximate surface area is 121 Å². The van der Waals surface area contributed by atoms with E-state index in [2.05, 4.69) is 5.32 Å². The Morgan fingerprint density at radius 1 is 1.19 bits per heavy atom. The molecule has 9 atom stereocenters. The van der Waals surface area contributed by atoms with E-state index in [1.165, 1.54) is 7.11 Å². The van der Waals surface area contributed by atoms with Gasteiger partial charge in [-0.25, -0.2) is 0 Å². The van der Waals surface area contributed by atoms with Crippen LogP contribution in [0.25, 0.3) is 0 Å². The molecule has 0 aromatic carbocycles. The monoisotopic (exact) mass is 309 g/mol. The number of methoxy groups -OCH3 is 1. The minimum Gasteiger partial charge on any atom is -0.394 e. The molecule has 0 bridgehead atoms. The lowest BCUT2D eigenvalue weighted by atomic mass is 9.82. The number of ether oxygens (including phenoxy) is 2. The fraction of sp³-hybridized carbons (Fsp3) is 1.00. The standard InChI is InChI=1S/C12H23NO8/c1-20-12-6(11(19)9(17)5(3-14)21-12)10(18)7-8(16)4(15)2-13-7/h4-19H,2-3H2,1H3/t4-,5+,6+,7-,8-,9+,10+,11+,12-/m0/s1. The van der Waals surface area contributed by atoms with E-state index in [4.69, 9.17) is 14.6 Å². The van der Waals surface area contributed by atoms with Crippen LogP contribution in [0.1, 0.15) is 0 Å². The fourth-order valence-electron chi connectivity index (χ4n) is 2.98. The van der Waals surface area contributed by atoms with Gasteiger partial charge >= 0.3 is 0 Å². The molecule has 0 aliphatic carbocycles. The first kappa shape index (κ1) is 17.0. The van der Waals surface area contributed by atoms with Crippen molar-refractivity contribution in [3.8, 4) is 0 Å². The van der Waals surface area contributed by atoms with Crippen molar-refractivity contribution in [3.05, 3.63) is 0 Å². The van der Waals surface area contributed by atoms with E-state index < -0.39 is 61.5 Å². The molecule has 2 aliphatic rings. The van der Waals surface area contributed by atoms with Crippen molar-refractivity contribution in [2.45, 2.75) is 49.0 Å². The van der Waals surface area contributed by atoms with Gasteiger partial charge < -0.3 is 45.4 Å². The van der Waals surface area contributed by atoms with E-state index in [0.29, 0.717) is 0 Å². The third kappa shape index (κ3) is 3.07. The number of aliphatic hydroxyl groups excluding tert-OH is 6. The molecule has 124 valence electrons. The molecule has 2 heterocycles. The molecule has 0 radical (unpaired) electrons. The topological polar surface area (TPSA) is 152 Å². The smallest absolute Gasteiger partial charge is 0.165 e. The van der Waals surface area contributed by atoms with Crippen LogP contribution in [0.2, 0.25) is 0 Å². The molecule has 21 heavy (non-hydrogen) atoms. The van der Waals surface area contributed by atoms with Gasteiger partial charge in [0.2, 0.25) is 0 Å². The molecular weight excluding hydrogens is 286 g/mol. The minimum atomic E-state index is -1.41. The molecule has 2 saturated heterocycles. The highest BCUT2D eigenvalue weighted by molar-refractivity contribution is 5.01. The highest BCUT2D eigenvalue weighted by Crippen LogP contribution is 2.32. The number of nitrogens with one attached hydrogen (secondary N) is 1. The number of rotatable bonds is 4. The average Bonchev–Trinajstić information content (AvgIpc) is 2.81. The van der Waals surface area contributed by atoms with Crippen LogP contribution in [0, 0.1) is 5.92 Å². The molecule has 9 heteroatoms. The third-order valence-corrected chi connectivity index (χ3v) is 4.25. The van der Waals surface area contributed by atoms with Crippen LogP contribution < -0.4 is 5.32 Å². The Hall–Kier alpha value is -0.360. The van der Waals surface area contributed by atoms with Crippen LogP contribution in [0.4, 0.5) is 0 Å².